The highest BCUT2D eigenvalue weighted by molar-refractivity contribution is 6.03. The lowest BCUT2D eigenvalue weighted by Gasteiger charge is -2.21. The van der Waals surface area contributed by atoms with Crippen LogP contribution in [0.5, 0.6) is 5.75 Å². The fraction of sp³-hybridized carbons (Fsp3) is 0.355. The molecule has 1 amide bonds. The SMILES string of the molecule is CCN(CC)c1cccc2c3c([nH]c12)C=C(C(=O)NC1CCCC1)C=CC3.COc1ccc(C(=O)O)cc1. The number of nitrogens with one attached hydrogen (secondary N) is 2. The summed E-state index contributed by atoms with van der Waals surface area (Å²) >= 11 is 0. The number of rotatable bonds is 7. The molecular weight excluding hydrogens is 478 g/mol. The number of carbonyl (C=O) groups is 2. The van der Waals surface area contributed by atoms with E-state index in [1.54, 1.807) is 12.1 Å². The van der Waals surface area contributed by atoms with Crippen LogP contribution in [0.4, 0.5) is 5.69 Å². The number of methoxy groups -OCH3 is 1. The van der Waals surface area contributed by atoms with Gasteiger partial charge in [-0.25, -0.2) is 4.79 Å². The van der Waals surface area contributed by atoms with Gasteiger partial charge >= 0.3 is 5.97 Å². The Morgan fingerprint density at radius 3 is 2.42 bits per heavy atom. The molecule has 3 aromatic rings. The number of nitrogens with zero attached hydrogens (tertiary/aromatic N) is 1. The van der Waals surface area contributed by atoms with Crippen molar-refractivity contribution in [2.45, 2.75) is 52.0 Å². The number of hydrogen-bond acceptors (Lipinski definition) is 4. The molecule has 3 N–H and O–H groups in total. The molecule has 1 aromatic heterocycles. The summed E-state index contributed by atoms with van der Waals surface area (Å²) in [5, 5.41) is 13.0. The monoisotopic (exact) mass is 515 g/mol. The molecular formula is C31H37N3O4. The van der Waals surface area contributed by atoms with Crippen LogP contribution in [0.25, 0.3) is 17.0 Å². The minimum atomic E-state index is -0.923. The maximum Gasteiger partial charge on any atom is 0.335 e. The normalized spacial score (nSPS) is 14.7. The van der Waals surface area contributed by atoms with Crippen molar-refractivity contribution in [1.82, 2.24) is 10.3 Å². The first kappa shape index (κ1) is 27.0. The summed E-state index contributed by atoms with van der Waals surface area (Å²) in [4.78, 5) is 29.1. The average Bonchev–Trinajstić information content (AvgIpc) is 3.51. The molecule has 2 aliphatic rings. The zero-order valence-corrected chi connectivity index (χ0v) is 22.4. The average molecular weight is 516 g/mol. The Morgan fingerprint density at radius 2 is 1.79 bits per heavy atom. The molecule has 2 aliphatic carbocycles. The van der Waals surface area contributed by atoms with Crippen LogP contribution < -0.4 is 15.0 Å². The molecule has 0 unspecified atom stereocenters. The molecule has 0 radical (unpaired) electrons. The van der Waals surface area contributed by atoms with Gasteiger partial charge in [-0.05, 0) is 75.1 Å². The Bertz CT molecular complexity index is 1330. The standard InChI is InChI=1S/C23H29N3O.C8H8O3/c1-3-26(4-2)21-14-8-13-19-18-12-7-9-16(15-20(18)25-22(19)21)23(27)24-17-10-5-6-11-17;1-11-7-4-2-6(3-5-7)8(9)10/h7-9,13-15,17,25H,3-6,10-12H2,1-2H3,(H,24,27);2-5H,1H3,(H,9,10). The number of carboxylic acid groups (broad SMARTS) is 1. The molecule has 0 aliphatic heterocycles. The second-order valence-corrected chi connectivity index (χ2v) is 9.58. The van der Waals surface area contributed by atoms with Crippen LogP contribution in [-0.2, 0) is 11.2 Å². The summed E-state index contributed by atoms with van der Waals surface area (Å²) in [7, 11) is 1.54. The summed E-state index contributed by atoms with van der Waals surface area (Å²) in [5.41, 5.74) is 5.76. The fourth-order valence-corrected chi connectivity index (χ4v) is 5.17. The predicted octanol–water partition coefficient (Wildman–Crippen LogP) is 5.96. The van der Waals surface area contributed by atoms with Crippen LogP contribution in [0.2, 0.25) is 0 Å². The highest BCUT2D eigenvalue weighted by Crippen LogP contribution is 2.33. The van der Waals surface area contributed by atoms with Crippen LogP contribution in [0.1, 0.15) is 61.1 Å². The number of carboxylic acids is 1. The van der Waals surface area contributed by atoms with Crippen LogP contribution in [0, 0.1) is 0 Å². The summed E-state index contributed by atoms with van der Waals surface area (Å²) in [6.45, 7) is 6.32. The number of aromatic nitrogens is 1. The molecule has 2 aromatic carbocycles. The number of para-hydroxylation sites is 1. The summed E-state index contributed by atoms with van der Waals surface area (Å²) in [5.74, 6) is -0.212. The zero-order valence-electron chi connectivity index (χ0n) is 22.4. The predicted molar refractivity (Wildman–Crippen MR) is 153 cm³/mol. The number of hydrogen-bond donors (Lipinski definition) is 3. The third kappa shape index (κ3) is 6.10. The van der Waals surface area contributed by atoms with Crippen molar-refractivity contribution in [2.75, 3.05) is 25.1 Å². The Morgan fingerprint density at radius 1 is 1.08 bits per heavy atom. The minimum Gasteiger partial charge on any atom is -0.497 e. The quantitative estimate of drug-likeness (QED) is 0.361. The van der Waals surface area contributed by atoms with Gasteiger partial charge in [-0.1, -0.05) is 37.1 Å². The number of ether oxygens (including phenoxy) is 1. The van der Waals surface area contributed by atoms with E-state index in [1.165, 1.54) is 54.2 Å². The van der Waals surface area contributed by atoms with E-state index < -0.39 is 5.97 Å². The lowest BCUT2D eigenvalue weighted by molar-refractivity contribution is -0.117. The van der Waals surface area contributed by atoms with Crippen molar-refractivity contribution < 1.29 is 19.4 Å². The molecule has 7 nitrogen and oxygen atoms in total. The minimum absolute atomic E-state index is 0.0497. The number of aromatic amines is 1. The Kier molecular flexibility index (Phi) is 8.89. The van der Waals surface area contributed by atoms with Gasteiger partial charge < -0.3 is 25.0 Å². The van der Waals surface area contributed by atoms with Crippen molar-refractivity contribution in [3.8, 4) is 5.75 Å². The van der Waals surface area contributed by atoms with E-state index in [2.05, 4.69) is 53.3 Å². The summed E-state index contributed by atoms with van der Waals surface area (Å²) in [6, 6.07) is 13.1. The van der Waals surface area contributed by atoms with E-state index in [1.807, 2.05) is 12.2 Å². The molecule has 0 spiro atoms. The van der Waals surface area contributed by atoms with Gasteiger partial charge in [-0.2, -0.15) is 0 Å². The van der Waals surface area contributed by atoms with Gasteiger partial charge in [0.2, 0.25) is 0 Å². The van der Waals surface area contributed by atoms with E-state index in [4.69, 9.17) is 9.84 Å². The van der Waals surface area contributed by atoms with E-state index >= 15 is 0 Å². The van der Waals surface area contributed by atoms with E-state index in [0.717, 1.165) is 43.6 Å². The molecule has 0 bridgehead atoms. The largest absolute Gasteiger partial charge is 0.497 e. The molecule has 38 heavy (non-hydrogen) atoms. The van der Waals surface area contributed by atoms with E-state index in [9.17, 15) is 9.59 Å². The lowest BCUT2D eigenvalue weighted by Crippen LogP contribution is -2.33. The molecule has 200 valence electrons. The van der Waals surface area contributed by atoms with Crippen molar-refractivity contribution >= 4 is 34.5 Å². The number of aromatic carboxylic acids is 1. The van der Waals surface area contributed by atoms with Gasteiger partial charge in [-0.3, -0.25) is 4.79 Å². The van der Waals surface area contributed by atoms with Crippen LogP contribution in [0.15, 0.2) is 60.2 Å². The first-order valence-electron chi connectivity index (χ1n) is 13.4. The molecule has 1 fully saturated rings. The third-order valence-electron chi connectivity index (χ3n) is 7.27. The van der Waals surface area contributed by atoms with Crippen molar-refractivity contribution in [3.05, 3.63) is 77.0 Å². The Labute approximate surface area is 224 Å². The van der Waals surface area contributed by atoms with Gasteiger partial charge in [-0.15, -0.1) is 0 Å². The maximum atomic E-state index is 12.7. The number of benzene rings is 2. The molecule has 1 heterocycles. The number of fused-ring (bicyclic) bond motifs is 3. The highest BCUT2D eigenvalue weighted by Gasteiger charge is 2.21. The Balaban J connectivity index is 0.000000257. The van der Waals surface area contributed by atoms with Gasteiger partial charge in [0.05, 0.1) is 23.9 Å². The first-order chi connectivity index (χ1) is 18.4. The summed E-state index contributed by atoms with van der Waals surface area (Å²) in [6.07, 6.45) is 11.6. The number of allylic oxidation sites excluding steroid dienone is 1. The van der Waals surface area contributed by atoms with Gasteiger partial charge in [0.25, 0.3) is 5.91 Å². The summed E-state index contributed by atoms with van der Waals surface area (Å²) < 4.78 is 4.86. The first-order valence-corrected chi connectivity index (χ1v) is 13.4. The maximum absolute atomic E-state index is 12.7. The number of amides is 1. The van der Waals surface area contributed by atoms with Crippen LogP contribution in [0.3, 0.4) is 0 Å². The number of carbonyl (C=O) groups excluding carboxylic acids is 1. The fourth-order valence-electron chi connectivity index (χ4n) is 5.17. The van der Waals surface area contributed by atoms with Gasteiger partial charge in [0.15, 0.2) is 0 Å². The molecule has 1 saturated carbocycles. The third-order valence-corrected chi connectivity index (χ3v) is 7.27. The number of anilines is 1. The van der Waals surface area contributed by atoms with Crippen LogP contribution >= 0.6 is 0 Å². The molecule has 0 atom stereocenters. The second-order valence-electron chi connectivity index (χ2n) is 9.58. The topological polar surface area (TPSA) is 94.7 Å². The highest BCUT2D eigenvalue weighted by atomic mass is 16.5. The molecule has 0 saturated heterocycles. The smallest absolute Gasteiger partial charge is 0.335 e. The second kappa shape index (κ2) is 12.5. The lowest BCUT2D eigenvalue weighted by atomic mass is 10.1. The van der Waals surface area contributed by atoms with Gasteiger partial charge in [0.1, 0.15) is 5.75 Å². The number of H-pyrrole nitrogens is 1. The van der Waals surface area contributed by atoms with Gasteiger partial charge in [0, 0.05) is 35.8 Å². The van der Waals surface area contributed by atoms with Crippen LogP contribution in [-0.4, -0.2) is 48.2 Å². The molecule has 5 rings (SSSR count). The van der Waals surface area contributed by atoms with E-state index in [0.29, 0.717) is 11.8 Å². The van der Waals surface area contributed by atoms with E-state index in [-0.39, 0.29) is 11.5 Å². The Hall–Kier alpha value is -4.00. The van der Waals surface area contributed by atoms with Crippen molar-refractivity contribution in [3.63, 3.8) is 0 Å². The zero-order chi connectivity index (χ0) is 27.1. The van der Waals surface area contributed by atoms with Crippen molar-refractivity contribution in [2.24, 2.45) is 0 Å². The van der Waals surface area contributed by atoms with Crippen molar-refractivity contribution in [1.29, 1.82) is 0 Å². The molecule has 7 heteroatoms.